The Morgan fingerprint density at radius 2 is 1.42 bits per heavy atom. The van der Waals surface area contributed by atoms with E-state index in [4.69, 9.17) is 0 Å². The van der Waals surface area contributed by atoms with E-state index in [2.05, 4.69) is 4.40 Å². The van der Waals surface area contributed by atoms with Crippen molar-refractivity contribution < 1.29 is 16.8 Å². The van der Waals surface area contributed by atoms with Gasteiger partial charge in [-0.25, -0.2) is 12.7 Å². The summed E-state index contributed by atoms with van der Waals surface area (Å²) in [6.45, 7) is 1.86. The van der Waals surface area contributed by atoms with E-state index in [1.54, 1.807) is 36.4 Å². The van der Waals surface area contributed by atoms with Crippen LogP contribution in [0.5, 0.6) is 0 Å². The molecule has 0 amide bonds. The number of nitrogens with zero attached hydrogens (tertiary/aromatic N) is 2. The van der Waals surface area contributed by atoms with Gasteiger partial charge in [-0.3, -0.25) is 0 Å². The number of sulfonamides is 2. The Balaban J connectivity index is 1.88. The van der Waals surface area contributed by atoms with Gasteiger partial charge in [-0.1, -0.05) is 60.2 Å². The normalized spacial score (nSPS) is 15.5. The van der Waals surface area contributed by atoms with Gasteiger partial charge in [0.2, 0.25) is 0 Å². The molecule has 0 fully saturated rings. The predicted molar refractivity (Wildman–Crippen MR) is 120 cm³/mol. The van der Waals surface area contributed by atoms with E-state index in [-0.39, 0.29) is 22.0 Å². The lowest BCUT2D eigenvalue weighted by molar-refractivity contribution is 0.562. The third-order valence-corrected chi connectivity index (χ3v) is 7.93. The van der Waals surface area contributed by atoms with Gasteiger partial charge in [0.05, 0.1) is 9.79 Å². The maximum atomic E-state index is 13.4. The molecule has 3 aromatic carbocycles. The van der Waals surface area contributed by atoms with E-state index in [1.807, 2.05) is 31.2 Å². The summed E-state index contributed by atoms with van der Waals surface area (Å²) in [6, 6.07) is 21.5. The highest BCUT2D eigenvalue weighted by Crippen LogP contribution is 2.25. The molecule has 0 saturated carbocycles. The molecule has 158 valence electrons. The summed E-state index contributed by atoms with van der Waals surface area (Å²) < 4.78 is 57.7. The topological polar surface area (TPSA) is 83.9 Å². The largest absolute Gasteiger partial charge is 0.283 e. The number of fused-ring (bicyclic) bond motifs is 1. The maximum absolute atomic E-state index is 13.4. The van der Waals surface area contributed by atoms with Crippen LogP contribution < -0.4 is 0 Å². The zero-order valence-electron chi connectivity index (χ0n) is 16.7. The Kier molecular flexibility index (Phi) is 5.51. The summed E-state index contributed by atoms with van der Waals surface area (Å²) in [5.41, 5.74) is 2.49. The molecule has 0 N–H and O–H groups in total. The molecule has 0 spiro atoms. The van der Waals surface area contributed by atoms with Crippen molar-refractivity contribution in [3.8, 4) is 0 Å². The second kappa shape index (κ2) is 8.13. The van der Waals surface area contributed by atoms with Crippen molar-refractivity contribution in [1.82, 2.24) is 4.31 Å². The molecule has 0 aromatic heterocycles. The van der Waals surface area contributed by atoms with Gasteiger partial charge in [0.25, 0.3) is 20.0 Å². The lowest BCUT2D eigenvalue weighted by Crippen LogP contribution is -2.33. The van der Waals surface area contributed by atoms with Gasteiger partial charge < -0.3 is 0 Å². The minimum atomic E-state index is -4.11. The van der Waals surface area contributed by atoms with Crippen molar-refractivity contribution >= 4 is 32.0 Å². The summed E-state index contributed by atoms with van der Waals surface area (Å²) >= 11 is 0. The molecule has 8 heteroatoms. The standard InChI is InChI=1S/C23H20N2O4S2/c1-18-11-13-22(14-12-18)31(28,29)25-16-15-19-7-5-6-8-20(19)17-23(25)24-30(26,27)21-9-3-2-4-10-21/h2-16H,17H2,1H3/b24-23-. The van der Waals surface area contributed by atoms with Crippen LogP contribution in [0.15, 0.2) is 99.3 Å². The Labute approximate surface area is 182 Å². The van der Waals surface area contributed by atoms with E-state index in [0.29, 0.717) is 0 Å². The van der Waals surface area contributed by atoms with Crippen LogP contribution in [-0.2, 0) is 26.5 Å². The molecule has 1 aliphatic rings. The van der Waals surface area contributed by atoms with Crippen LogP contribution in [0.2, 0.25) is 0 Å². The number of benzene rings is 3. The van der Waals surface area contributed by atoms with Crippen LogP contribution in [0, 0.1) is 6.92 Å². The summed E-state index contributed by atoms with van der Waals surface area (Å²) in [4.78, 5) is 0.0511. The lowest BCUT2D eigenvalue weighted by Gasteiger charge is -2.21. The Morgan fingerprint density at radius 3 is 2.13 bits per heavy atom. The monoisotopic (exact) mass is 452 g/mol. The lowest BCUT2D eigenvalue weighted by atomic mass is 10.1. The first kappa shape index (κ1) is 21.0. The smallest absolute Gasteiger partial charge is 0.227 e. The van der Waals surface area contributed by atoms with E-state index < -0.39 is 20.0 Å². The van der Waals surface area contributed by atoms with Crippen molar-refractivity contribution in [3.63, 3.8) is 0 Å². The van der Waals surface area contributed by atoms with Crippen molar-refractivity contribution in [2.45, 2.75) is 23.1 Å². The van der Waals surface area contributed by atoms with Gasteiger partial charge in [-0.2, -0.15) is 8.42 Å². The van der Waals surface area contributed by atoms with Crippen molar-refractivity contribution in [3.05, 3.63) is 102 Å². The highest BCUT2D eigenvalue weighted by atomic mass is 32.2. The zero-order chi connectivity index (χ0) is 22.1. The SMILES string of the molecule is Cc1ccc(S(=O)(=O)N2C=Cc3ccccc3C/C2=N/S(=O)(=O)c2ccccc2)cc1. The molecule has 6 nitrogen and oxygen atoms in total. The molecular weight excluding hydrogens is 432 g/mol. The maximum Gasteiger partial charge on any atom is 0.283 e. The molecule has 0 radical (unpaired) electrons. The number of aryl methyl sites for hydroxylation is 1. The van der Waals surface area contributed by atoms with Crippen LogP contribution in [0.4, 0.5) is 0 Å². The molecule has 31 heavy (non-hydrogen) atoms. The summed E-state index contributed by atoms with van der Waals surface area (Å²) in [7, 11) is -8.19. The Hall–Kier alpha value is -3.23. The third kappa shape index (κ3) is 4.30. The number of hydrogen-bond acceptors (Lipinski definition) is 4. The first-order valence-corrected chi connectivity index (χ1v) is 12.4. The van der Waals surface area contributed by atoms with E-state index >= 15 is 0 Å². The second-order valence-electron chi connectivity index (χ2n) is 7.10. The number of rotatable bonds is 4. The van der Waals surface area contributed by atoms with Gasteiger partial charge in [-0.05, 0) is 48.4 Å². The molecule has 0 bridgehead atoms. The molecule has 0 aliphatic carbocycles. The van der Waals surface area contributed by atoms with Crippen LogP contribution >= 0.6 is 0 Å². The minimum Gasteiger partial charge on any atom is -0.227 e. The van der Waals surface area contributed by atoms with Crippen molar-refractivity contribution in [2.24, 2.45) is 4.40 Å². The molecular formula is C23H20N2O4S2. The molecule has 4 rings (SSSR count). The van der Waals surface area contributed by atoms with E-state index in [9.17, 15) is 16.8 Å². The summed E-state index contributed by atoms with van der Waals surface area (Å²) in [5.74, 6) is -0.0920. The highest BCUT2D eigenvalue weighted by Gasteiger charge is 2.30. The molecule has 1 heterocycles. The first-order valence-electron chi connectivity index (χ1n) is 9.53. The van der Waals surface area contributed by atoms with Gasteiger partial charge in [0.15, 0.2) is 0 Å². The second-order valence-corrected chi connectivity index (χ2v) is 10.5. The zero-order valence-corrected chi connectivity index (χ0v) is 18.3. The van der Waals surface area contributed by atoms with E-state index in [0.717, 1.165) is 21.0 Å². The molecule has 0 atom stereocenters. The minimum absolute atomic E-state index is 0.00306. The number of amidine groups is 1. The fraction of sp³-hybridized carbons (Fsp3) is 0.0870. The fourth-order valence-electron chi connectivity index (χ4n) is 3.24. The molecule has 0 saturated heterocycles. The summed E-state index contributed by atoms with van der Waals surface area (Å²) in [5, 5.41) is 0. The third-order valence-electron chi connectivity index (χ3n) is 4.89. The quantitative estimate of drug-likeness (QED) is 0.599. The van der Waals surface area contributed by atoms with Crippen molar-refractivity contribution in [2.75, 3.05) is 0 Å². The average Bonchev–Trinajstić information content (AvgIpc) is 2.94. The molecule has 3 aromatic rings. The fourth-order valence-corrected chi connectivity index (χ4v) is 5.64. The number of hydrogen-bond donors (Lipinski definition) is 0. The van der Waals surface area contributed by atoms with Crippen LogP contribution in [0.25, 0.3) is 6.08 Å². The van der Waals surface area contributed by atoms with Crippen LogP contribution in [-0.4, -0.2) is 27.0 Å². The van der Waals surface area contributed by atoms with Crippen LogP contribution in [0.3, 0.4) is 0 Å². The van der Waals surface area contributed by atoms with E-state index in [1.165, 1.54) is 30.5 Å². The average molecular weight is 453 g/mol. The van der Waals surface area contributed by atoms with Gasteiger partial charge in [0, 0.05) is 12.6 Å². The molecule has 0 unspecified atom stereocenters. The molecule has 1 aliphatic heterocycles. The van der Waals surface area contributed by atoms with Crippen molar-refractivity contribution in [1.29, 1.82) is 0 Å². The Bertz CT molecular complexity index is 1380. The predicted octanol–water partition coefficient (Wildman–Crippen LogP) is 4.00. The Morgan fingerprint density at radius 1 is 0.774 bits per heavy atom. The van der Waals surface area contributed by atoms with Gasteiger partial charge >= 0.3 is 0 Å². The van der Waals surface area contributed by atoms with Gasteiger partial charge in [-0.15, -0.1) is 4.40 Å². The summed E-state index contributed by atoms with van der Waals surface area (Å²) in [6.07, 6.45) is 3.05. The van der Waals surface area contributed by atoms with Gasteiger partial charge in [0.1, 0.15) is 5.84 Å². The first-order chi connectivity index (χ1) is 14.8. The highest BCUT2D eigenvalue weighted by molar-refractivity contribution is 7.91. The van der Waals surface area contributed by atoms with Crippen LogP contribution in [0.1, 0.15) is 16.7 Å².